The lowest BCUT2D eigenvalue weighted by molar-refractivity contribution is 0.415. The molecule has 2 heterocycles. The quantitative estimate of drug-likeness (QED) is 0.786. The van der Waals surface area contributed by atoms with Gasteiger partial charge in [-0.3, -0.25) is 0 Å². The number of alkyl halides is 1. The summed E-state index contributed by atoms with van der Waals surface area (Å²) >= 11 is 8.39. The van der Waals surface area contributed by atoms with Crippen LogP contribution in [0.2, 0.25) is 0 Å². The van der Waals surface area contributed by atoms with Gasteiger partial charge in [0.1, 0.15) is 11.6 Å². The SMILES string of the molecule is COc1ccc2c(c1)nc(C(C)Cl)n2C1CCSCC1. The number of hydrogen-bond acceptors (Lipinski definition) is 3. The lowest BCUT2D eigenvalue weighted by atomic mass is 10.1. The summed E-state index contributed by atoms with van der Waals surface area (Å²) in [5, 5.41) is -0.0806. The van der Waals surface area contributed by atoms with E-state index in [0.717, 1.165) is 17.1 Å². The van der Waals surface area contributed by atoms with Crippen molar-refractivity contribution in [3.8, 4) is 5.75 Å². The summed E-state index contributed by atoms with van der Waals surface area (Å²) in [5.74, 6) is 4.26. The van der Waals surface area contributed by atoms with E-state index in [0.29, 0.717) is 6.04 Å². The van der Waals surface area contributed by atoms with Gasteiger partial charge in [-0.15, -0.1) is 11.6 Å². The van der Waals surface area contributed by atoms with Crippen LogP contribution in [0.4, 0.5) is 0 Å². The Kier molecular flexibility index (Phi) is 4.13. The first-order valence-electron chi connectivity index (χ1n) is 6.98. The number of fused-ring (bicyclic) bond motifs is 1. The van der Waals surface area contributed by atoms with Crippen molar-refractivity contribution in [3.05, 3.63) is 24.0 Å². The van der Waals surface area contributed by atoms with Crippen molar-refractivity contribution in [2.45, 2.75) is 31.2 Å². The van der Waals surface area contributed by atoms with Gasteiger partial charge in [0.2, 0.25) is 0 Å². The Morgan fingerprint density at radius 1 is 1.40 bits per heavy atom. The van der Waals surface area contributed by atoms with Crippen LogP contribution in [-0.2, 0) is 0 Å². The van der Waals surface area contributed by atoms with Gasteiger partial charge in [-0.1, -0.05) is 0 Å². The van der Waals surface area contributed by atoms with Gasteiger partial charge >= 0.3 is 0 Å². The average Bonchev–Trinajstić information content (AvgIpc) is 2.86. The summed E-state index contributed by atoms with van der Waals surface area (Å²) in [7, 11) is 1.68. The fourth-order valence-corrected chi connectivity index (χ4v) is 4.07. The maximum Gasteiger partial charge on any atom is 0.127 e. The molecule has 0 spiro atoms. The number of aromatic nitrogens is 2. The zero-order valence-corrected chi connectivity index (χ0v) is 13.4. The van der Waals surface area contributed by atoms with Gasteiger partial charge in [-0.05, 0) is 43.4 Å². The number of nitrogens with zero attached hydrogens (tertiary/aromatic N) is 2. The van der Waals surface area contributed by atoms with Crippen LogP contribution >= 0.6 is 23.4 Å². The summed E-state index contributed by atoms with van der Waals surface area (Å²) in [5.41, 5.74) is 2.15. The highest BCUT2D eigenvalue weighted by Gasteiger charge is 2.23. The molecular weight excluding hydrogens is 292 g/mol. The van der Waals surface area contributed by atoms with Gasteiger partial charge in [0.05, 0.1) is 23.5 Å². The van der Waals surface area contributed by atoms with E-state index in [9.17, 15) is 0 Å². The minimum atomic E-state index is -0.0806. The molecule has 3 rings (SSSR count). The molecule has 0 N–H and O–H groups in total. The van der Waals surface area contributed by atoms with Gasteiger partial charge in [0.25, 0.3) is 0 Å². The Labute approximate surface area is 128 Å². The highest BCUT2D eigenvalue weighted by molar-refractivity contribution is 7.99. The first-order valence-corrected chi connectivity index (χ1v) is 8.57. The number of hydrogen-bond donors (Lipinski definition) is 0. The third-order valence-electron chi connectivity index (χ3n) is 3.84. The normalized spacial score (nSPS) is 18.4. The Morgan fingerprint density at radius 3 is 2.80 bits per heavy atom. The molecule has 0 amide bonds. The first-order chi connectivity index (χ1) is 9.70. The molecule has 5 heteroatoms. The van der Waals surface area contributed by atoms with E-state index in [4.69, 9.17) is 21.3 Å². The van der Waals surface area contributed by atoms with Crippen LogP contribution in [0.25, 0.3) is 11.0 Å². The van der Waals surface area contributed by atoms with Crippen LogP contribution in [-0.4, -0.2) is 28.2 Å². The summed E-state index contributed by atoms with van der Waals surface area (Å²) in [6, 6.07) is 6.62. The molecule has 1 atom stereocenters. The fraction of sp³-hybridized carbons (Fsp3) is 0.533. The van der Waals surface area contributed by atoms with Crippen molar-refractivity contribution >= 4 is 34.4 Å². The molecule has 2 aromatic rings. The number of thioether (sulfide) groups is 1. The minimum Gasteiger partial charge on any atom is -0.497 e. The van der Waals surface area contributed by atoms with Crippen LogP contribution < -0.4 is 4.74 Å². The van der Waals surface area contributed by atoms with Gasteiger partial charge in [0, 0.05) is 12.1 Å². The molecule has 3 nitrogen and oxygen atoms in total. The van der Waals surface area contributed by atoms with Crippen LogP contribution in [0, 0.1) is 0 Å². The van der Waals surface area contributed by atoms with E-state index < -0.39 is 0 Å². The third-order valence-corrected chi connectivity index (χ3v) is 5.08. The summed E-state index contributed by atoms with van der Waals surface area (Å²) in [6.45, 7) is 1.99. The maximum absolute atomic E-state index is 6.35. The lowest BCUT2D eigenvalue weighted by Crippen LogP contribution is -2.17. The van der Waals surface area contributed by atoms with Crippen LogP contribution in [0.3, 0.4) is 0 Å². The molecule has 1 saturated heterocycles. The second-order valence-electron chi connectivity index (χ2n) is 5.15. The van der Waals surface area contributed by atoms with E-state index in [2.05, 4.69) is 10.6 Å². The molecule has 1 aliphatic rings. The van der Waals surface area contributed by atoms with Crippen molar-refractivity contribution in [2.24, 2.45) is 0 Å². The number of ether oxygens (including phenoxy) is 1. The molecule has 0 bridgehead atoms. The second kappa shape index (κ2) is 5.86. The van der Waals surface area contributed by atoms with E-state index in [1.807, 2.05) is 30.8 Å². The van der Waals surface area contributed by atoms with Gasteiger partial charge < -0.3 is 9.30 Å². The zero-order chi connectivity index (χ0) is 14.1. The number of halogens is 1. The Balaban J connectivity index is 2.13. The molecule has 20 heavy (non-hydrogen) atoms. The van der Waals surface area contributed by atoms with Crippen LogP contribution in [0.1, 0.15) is 37.0 Å². The molecule has 1 aromatic heterocycles. The Hall–Kier alpha value is -0.870. The summed E-state index contributed by atoms with van der Waals surface area (Å²) < 4.78 is 7.65. The van der Waals surface area contributed by atoms with Crippen molar-refractivity contribution in [1.82, 2.24) is 9.55 Å². The summed E-state index contributed by atoms with van der Waals surface area (Å²) in [6.07, 6.45) is 2.39. The third kappa shape index (κ3) is 2.51. The first kappa shape index (κ1) is 14.1. The number of benzene rings is 1. The number of imidazole rings is 1. The fourth-order valence-electron chi connectivity index (χ4n) is 2.83. The Morgan fingerprint density at radius 2 is 2.15 bits per heavy atom. The lowest BCUT2D eigenvalue weighted by Gasteiger charge is -2.26. The molecule has 1 fully saturated rings. The highest BCUT2D eigenvalue weighted by Crippen LogP contribution is 2.35. The number of methoxy groups -OCH3 is 1. The zero-order valence-electron chi connectivity index (χ0n) is 11.8. The monoisotopic (exact) mass is 310 g/mol. The van der Waals surface area contributed by atoms with Gasteiger partial charge in [-0.2, -0.15) is 11.8 Å². The standard InChI is InChI=1S/C15H19ClN2OS/c1-10(16)15-17-13-9-12(19-2)3-4-14(13)18(15)11-5-7-20-8-6-11/h3-4,9-11H,5-8H2,1-2H3. The maximum atomic E-state index is 6.35. The molecule has 1 unspecified atom stereocenters. The van der Waals surface area contributed by atoms with Crippen molar-refractivity contribution in [2.75, 3.05) is 18.6 Å². The Bertz CT molecular complexity index is 605. The van der Waals surface area contributed by atoms with Crippen molar-refractivity contribution in [3.63, 3.8) is 0 Å². The van der Waals surface area contributed by atoms with Crippen molar-refractivity contribution < 1.29 is 4.74 Å². The smallest absolute Gasteiger partial charge is 0.127 e. The molecule has 0 saturated carbocycles. The summed E-state index contributed by atoms with van der Waals surface area (Å²) in [4.78, 5) is 4.74. The molecular formula is C15H19ClN2OS. The van der Waals surface area contributed by atoms with Crippen LogP contribution in [0.15, 0.2) is 18.2 Å². The predicted octanol–water partition coefficient (Wildman–Crippen LogP) is 4.41. The molecule has 1 aliphatic heterocycles. The van der Waals surface area contributed by atoms with Gasteiger partial charge in [-0.25, -0.2) is 4.98 Å². The minimum absolute atomic E-state index is 0.0806. The van der Waals surface area contributed by atoms with E-state index in [-0.39, 0.29) is 5.38 Å². The van der Waals surface area contributed by atoms with Crippen LogP contribution in [0.5, 0.6) is 5.75 Å². The average molecular weight is 311 g/mol. The van der Waals surface area contributed by atoms with E-state index in [1.54, 1.807) is 7.11 Å². The molecule has 1 aromatic carbocycles. The largest absolute Gasteiger partial charge is 0.497 e. The topological polar surface area (TPSA) is 27.1 Å². The number of rotatable bonds is 3. The van der Waals surface area contributed by atoms with Gasteiger partial charge in [0.15, 0.2) is 0 Å². The molecule has 0 radical (unpaired) electrons. The second-order valence-corrected chi connectivity index (χ2v) is 7.03. The van der Waals surface area contributed by atoms with E-state index >= 15 is 0 Å². The highest BCUT2D eigenvalue weighted by atomic mass is 35.5. The molecule has 108 valence electrons. The van der Waals surface area contributed by atoms with E-state index in [1.165, 1.54) is 29.9 Å². The predicted molar refractivity (Wildman–Crippen MR) is 86.1 cm³/mol. The van der Waals surface area contributed by atoms with Crippen molar-refractivity contribution in [1.29, 1.82) is 0 Å². The molecule has 0 aliphatic carbocycles.